The number of cyclic esters (lactones) is 1. The van der Waals surface area contributed by atoms with Gasteiger partial charge < -0.3 is 25.2 Å². The maximum absolute atomic E-state index is 13.0. The van der Waals surface area contributed by atoms with Crippen LogP contribution in [0.2, 0.25) is 0 Å². The van der Waals surface area contributed by atoms with Gasteiger partial charge in [0.2, 0.25) is 0 Å². The molecule has 3 N–H and O–H groups in total. The fourth-order valence-electron chi connectivity index (χ4n) is 5.24. The molecule has 2 heterocycles. The van der Waals surface area contributed by atoms with Crippen LogP contribution in [-0.2, 0) is 22.4 Å². The zero-order valence-electron chi connectivity index (χ0n) is 21.2. The molecule has 35 heavy (non-hydrogen) atoms. The predicted octanol–water partition coefficient (Wildman–Crippen LogP) is 5.48. The van der Waals surface area contributed by atoms with E-state index >= 15 is 0 Å². The summed E-state index contributed by atoms with van der Waals surface area (Å²) in [6, 6.07) is 9.06. The molecule has 188 valence electrons. The van der Waals surface area contributed by atoms with E-state index in [4.69, 9.17) is 9.47 Å². The van der Waals surface area contributed by atoms with Gasteiger partial charge in [0.25, 0.3) is 0 Å². The van der Waals surface area contributed by atoms with Crippen LogP contribution in [0.5, 0.6) is 5.75 Å². The number of aliphatic hydroxyl groups is 1. The number of para-hydroxylation sites is 1. The molecule has 0 aliphatic carbocycles. The van der Waals surface area contributed by atoms with Crippen LogP contribution in [0.4, 0.5) is 16.2 Å². The number of fused-ring (bicyclic) bond motifs is 1. The molecule has 2 aromatic carbocycles. The average Bonchev–Trinajstić information content (AvgIpc) is 3.10. The van der Waals surface area contributed by atoms with Crippen molar-refractivity contribution < 1.29 is 24.2 Å². The molecule has 2 aliphatic rings. The van der Waals surface area contributed by atoms with Crippen LogP contribution in [0.15, 0.2) is 30.3 Å². The average molecular weight is 481 g/mol. The Morgan fingerprint density at radius 3 is 2.57 bits per heavy atom. The summed E-state index contributed by atoms with van der Waals surface area (Å²) in [5.41, 5.74) is 5.36. The molecule has 4 rings (SSSR count). The molecule has 7 heteroatoms. The van der Waals surface area contributed by atoms with Crippen molar-refractivity contribution in [1.29, 1.82) is 0 Å². The number of rotatable bonds is 6. The van der Waals surface area contributed by atoms with Crippen LogP contribution in [0.25, 0.3) is 0 Å². The maximum atomic E-state index is 13.0. The van der Waals surface area contributed by atoms with Crippen LogP contribution in [0, 0.1) is 6.92 Å². The molecule has 2 aliphatic heterocycles. The lowest BCUT2D eigenvalue weighted by molar-refractivity contribution is -0.160. The van der Waals surface area contributed by atoms with Crippen LogP contribution in [-0.4, -0.2) is 34.9 Å². The Kier molecular flexibility index (Phi) is 7.08. The molecule has 0 radical (unpaired) electrons. The number of urea groups is 1. The Morgan fingerprint density at radius 1 is 1.20 bits per heavy atom. The lowest BCUT2D eigenvalue weighted by Gasteiger charge is -2.28. The Morgan fingerprint density at radius 2 is 1.91 bits per heavy atom. The van der Waals surface area contributed by atoms with Crippen LogP contribution in [0.3, 0.4) is 0 Å². The normalized spacial score (nSPS) is 20.7. The minimum atomic E-state index is -0.663. The Balaban J connectivity index is 1.69. The van der Waals surface area contributed by atoms with Gasteiger partial charge in [-0.3, -0.25) is 4.79 Å². The molecule has 2 aromatic rings. The number of hydrogen-bond donors (Lipinski definition) is 3. The number of esters is 1. The first-order chi connectivity index (χ1) is 16.5. The second-order valence-electron chi connectivity index (χ2n) is 10.6. The lowest BCUT2D eigenvalue weighted by Crippen LogP contribution is -2.33. The van der Waals surface area contributed by atoms with Crippen molar-refractivity contribution in [2.75, 3.05) is 10.6 Å². The molecular weight excluding hydrogens is 444 g/mol. The fraction of sp³-hybridized carbons (Fsp3) is 0.500. The topological polar surface area (TPSA) is 96.9 Å². The molecule has 7 nitrogen and oxygen atoms in total. The standard InChI is InChI=1S/C28H36N2O5/c1-16(2)24-21(12-11-20-13-19(31)14-23(32)34-20)26-22(15-28(4,5)35-26)17(3)25(24)30-27(33)29-18-9-7-6-8-10-18/h6-10,16,19-20,31H,11-15H2,1-5H3,(H2,29,30,33)/t19-,20-/m1/s1. The Hall–Kier alpha value is -3.06. The largest absolute Gasteiger partial charge is 0.487 e. The summed E-state index contributed by atoms with van der Waals surface area (Å²) in [7, 11) is 0. The van der Waals surface area contributed by atoms with Crippen LogP contribution < -0.4 is 15.4 Å². The van der Waals surface area contributed by atoms with Gasteiger partial charge in [-0.25, -0.2) is 4.79 Å². The smallest absolute Gasteiger partial charge is 0.323 e. The molecule has 0 saturated carbocycles. The summed E-state index contributed by atoms with van der Waals surface area (Å²) in [4.78, 5) is 24.8. The lowest BCUT2D eigenvalue weighted by atomic mass is 9.85. The van der Waals surface area contributed by atoms with Gasteiger partial charge in [-0.15, -0.1) is 0 Å². The van der Waals surface area contributed by atoms with Gasteiger partial charge in [-0.1, -0.05) is 32.0 Å². The summed E-state index contributed by atoms with van der Waals surface area (Å²) in [5.74, 6) is 0.644. The number of hydrogen-bond acceptors (Lipinski definition) is 5. The molecule has 1 fully saturated rings. The van der Waals surface area contributed by atoms with Gasteiger partial charge in [0.1, 0.15) is 17.5 Å². The van der Waals surface area contributed by atoms with E-state index in [1.807, 2.05) is 37.3 Å². The first kappa shape index (κ1) is 25.0. The molecule has 2 amide bonds. The van der Waals surface area contributed by atoms with E-state index in [0.717, 1.165) is 45.8 Å². The summed E-state index contributed by atoms with van der Waals surface area (Å²) >= 11 is 0. The van der Waals surface area contributed by atoms with Gasteiger partial charge >= 0.3 is 12.0 Å². The highest BCUT2D eigenvalue weighted by molar-refractivity contribution is 6.01. The third kappa shape index (κ3) is 5.61. The number of carbonyl (C=O) groups excluding carboxylic acids is 2. The third-order valence-corrected chi connectivity index (χ3v) is 6.75. The quantitative estimate of drug-likeness (QED) is 0.476. The van der Waals surface area contributed by atoms with E-state index < -0.39 is 6.10 Å². The molecule has 0 bridgehead atoms. The van der Waals surface area contributed by atoms with E-state index in [2.05, 4.69) is 38.3 Å². The Bertz CT molecular complexity index is 1110. The summed E-state index contributed by atoms with van der Waals surface area (Å²) < 4.78 is 12.0. The van der Waals surface area contributed by atoms with Gasteiger partial charge in [0.05, 0.1) is 12.5 Å². The first-order valence-electron chi connectivity index (χ1n) is 12.4. The summed E-state index contributed by atoms with van der Waals surface area (Å²) in [6.07, 6.45) is 1.43. The Labute approximate surface area is 207 Å². The van der Waals surface area contributed by atoms with Crippen molar-refractivity contribution in [2.45, 2.75) is 90.4 Å². The van der Waals surface area contributed by atoms with Crippen molar-refractivity contribution in [1.82, 2.24) is 0 Å². The monoisotopic (exact) mass is 480 g/mol. The van der Waals surface area contributed by atoms with Gasteiger partial charge in [-0.2, -0.15) is 0 Å². The number of benzene rings is 2. The highest BCUT2D eigenvalue weighted by atomic mass is 16.5. The SMILES string of the molecule is Cc1c2c(c(CC[C@@H]3C[C@@H](O)CC(=O)O3)c(C(C)C)c1NC(=O)Nc1ccccc1)OC(C)(C)C2. The minimum absolute atomic E-state index is 0.0512. The molecular formula is C28H36N2O5. The van der Waals surface area contributed by atoms with E-state index in [9.17, 15) is 14.7 Å². The summed E-state index contributed by atoms with van der Waals surface area (Å²) in [6.45, 7) is 10.4. The number of amides is 2. The van der Waals surface area contributed by atoms with Gasteiger partial charge in [0.15, 0.2) is 0 Å². The van der Waals surface area contributed by atoms with Crippen LogP contribution in [0.1, 0.15) is 75.1 Å². The molecule has 2 atom stereocenters. The summed E-state index contributed by atoms with van der Waals surface area (Å²) in [5, 5.41) is 16.1. The van der Waals surface area contributed by atoms with Crippen molar-refractivity contribution in [3.05, 3.63) is 52.6 Å². The fourth-order valence-corrected chi connectivity index (χ4v) is 5.24. The minimum Gasteiger partial charge on any atom is -0.487 e. The van der Waals surface area contributed by atoms with E-state index in [-0.39, 0.29) is 36.0 Å². The molecule has 0 unspecified atom stereocenters. The zero-order valence-corrected chi connectivity index (χ0v) is 21.2. The van der Waals surface area contributed by atoms with Crippen LogP contribution >= 0.6 is 0 Å². The number of aliphatic hydroxyl groups excluding tert-OH is 1. The van der Waals surface area contributed by atoms with E-state index in [0.29, 0.717) is 19.3 Å². The van der Waals surface area contributed by atoms with Gasteiger partial charge in [-0.05, 0) is 62.8 Å². The third-order valence-electron chi connectivity index (χ3n) is 6.75. The number of ether oxygens (including phenoxy) is 2. The van der Waals surface area contributed by atoms with Crippen molar-refractivity contribution >= 4 is 23.4 Å². The number of anilines is 2. The second-order valence-corrected chi connectivity index (χ2v) is 10.6. The number of nitrogens with one attached hydrogen (secondary N) is 2. The zero-order chi connectivity index (χ0) is 25.3. The number of carbonyl (C=O) groups is 2. The van der Waals surface area contributed by atoms with Gasteiger partial charge in [0, 0.05) is 35.3 Å². The van der Waals surface area contributed by atoms with Crippen molar-refractivity contribution in [2.24, 2.45) is 0 Å². The van der Waals surface area contributed by atoms with E-state index in [1.165, 1.54) is 0 Å². The second kappa shape index (κ2) is 9.90. The predicted molar refractivity (Wildman–Crippen MR) is 136 cm³/mol. The molecule has 0 spiro atoms. The van der Waals surface area contributed by atoms with E-state index in [1.54, 1.807) is 0 Å². The first-order valence-corrected chi connectivity index (χ1v) is 12.4. The van der Waals surface area contributed by atoms with Crippen molar-refractivity contribution in [3.63, 3.8) is 0 Å². The van der Waals surface area contributed by atoms with Crippen molar-refractivity contribution in [3.8, 4) is 5.75 Å². The molecule has 0 aromatic heterocycles. The molecule has 1 saturated heterocycles. The maximum Gasteiger partial charge on any atom is 0.323 e. The highest BCUT2D eigenvalue weighted by Gasteiger charge is 2.37. The highest BCUT2D eigenvalue weighted by Crippen LogP contribution is 2.47.